The fourth-order valence-corrected chi connectivity index (χ4v) is 2.55. The highest BCUT2D eigenvalue weighted by atomic mass is 35.5. The normalized spacial score (nSPS) is 12.5. The standard InChI is InChI=1S/C11H15ClFN.C8H16O2/c1-8(2)6-14-7-9-3-4-10(13)5-11(9)12;1-5-6(7(9)10)8(2,3)4/h3-5,8,14H,6-7H2,1-2H3;6H,5H2,1-4H3,(H,9,10). The van der Waals surface area contributed by atoms with Gasteiger partial charge in [-0.25, -0.2) is 4.39 Å². The first-order chi connectivity index (χ1) is 11.0. The van der Waals surface area contributed by atoms with Crippen LogP contribution in [0.15, 0.2) is 18.2 Å². The van der Waals surface area contributed by atoms with Gasteiger partial charge in [-0.2, -0.15) is 0 Å². The molecule has 5 heteroatoms. The van der Waals surface area contributed by atoms with Crippen LogP contribution >= 0.6 is 11.6 Å². The molecule has 0 spiro atoms. The first-order valence-electron chi connectivity index (χ1n) is 8.36. The number of hydrogen-bond donors (Lipinski definition) is 2. The van der Waals surface area contributed by atoms with Gasteiger partial charge in [-0.05, 0) is 42.0 Å². The molecule has 1 aromatic carbocycles. The zero-order valence-corrected chi connectivity index (χ0v) is 16.4. The van der Waals surface area contributed by atoms with E-state index in [1.807, 2.05) is 27.7 Å². The van der Waals surface area contributed by atoms with Gasteiger partial charge in [0.2, 0.25) is 0 Å². The van der Waals surface area contributed by atoms with Crippen LogP contribution in [0, 0.1) is 23.1 Å². The summed E-state index contributed by atoms with van der Waals surface area (Å²) in [5.74, 6) is -0.584. The maximum absolute atomic E-state index is 12.7. The second-order valence-corrected chi connectivity index (χ2v) is 7.83. The molecule has 0 saturated heterocycles. The predicted octanol–water partition coefficient (Wildman–Crippen LogP) is 5.37. The molecule has 1 atom stereocenters. The molecule has 0 heterocycles. The Kier molecular flexibility index (Phi) is 10.2. The lowest BCUT2D eigenvalue weighted by Gasteiger charge is -2.25. The molecule has 0 fully saturated rings. The lowest BCUT2D eigenvalue weighted by atomic mass is 9.79. The summed E-state index contributed by atoms with van der Waals surface area (Å²) in [4.78, 5) is 10.6. The summed E-state index contributed by atoms with van der Waals surface area (Å²) in [7, 11) is 0. The van der Waals surface area contributed by atoms with Crippen molar-refractivity contribution in [3.05, 3.63) is 34.6 Å². The minimum Gasteiger partial charge on any atom is -0.481 e. The largest absolute Gasteiger partial charge is 0.481 e. The number of carboxylic acids is 1. The highest BCUT2D eigenvalue weighted by molar-refractivity contribution is 6.31. The van der Waals surface area contributed by atoms with E-state index in [0.29, 0.717) is 23.9 Å². The van der Waals surface area contributed by atoms with Gasteiger partial charge in [-0.15, -0.1) is 0 Å². The van der Waals surface area contributed by atoms with E-state index in [4.69, 9.17) is 16.7 Å². The summed E-state index contributed by atoms with van der Waals surface area (Å²) < 4.78 is 12.7. The zero-order valence-electron chi connectivity index (χ0n) is 15.6. The molecule has 0 bridgehead atoms. The maximum atomic E-state index is 12.7. The summed E-state index contributed by atoms with van der Waals surface area (Å²) in [5.41, 5.74) is 0.828. The average molecular weight is 360 g/mol. The van der Waals surface area contributed by atoms with Gasteiger partial charge in [0.05, 0.1) is 5.92 Å². The Bertz CT molecular complexity index is 513. The monoisotopic (exact) mass is 359 g/mol. The van der Waals surface area contributed by atoms with Crippen molar-refractivity contribution in [2.24, 2.45) is 17.3 Å². The van der Waals surface area contributed by atoms with Crippen LogP contribution in [0.3, 0.4) is 0 Å². The quantitative estimate of drug-likeness (QED) is 0.718. The van der Waals surface area contributed by atoms with Crippen LogP contribution in [0.25, 0.3) is 0 Å². The minimum absolute atomic E-state index is 0.111. The molecule has 1 aromatic rings. The van der Waals surface area contributed by atoms with Gasteiger partial charge in [0.15, 0.2) is 0 Å². The number of carbonyl (C=O) groups is 1. The van der Waals surface area contributed by atoms with Crippen molar-refractivity contribution in [1.29, 1.82) is 0 Å². The van der Waals surface area contributed by atoms with E-state index >= 15 is 0 Å². The molecule has 24 heavy (non-hydrogen) atoms. The summed E-state index contributed by atoms with van der Waals surface area (Å²) in [6.45, 7) is 13.7. The van der Waals surface area contributed by atoms with E-state index in [1.54, 1.807) is 6.07 Å². The summed E-state index contributed by atoms with van der Waals surface area (Å²) in [6, 6.07) is 4.48. The van der Waals surface area contributed by atoms with Crippen molar-refractivity contribution in [2.45, 2.75) is 54.5 Å². The molecule has 3 nitrogen and oxygen atoms in total. The molecule has 0 aliphatic carbocycles. The molecule has 0 saturated carbocycles. The number of nitrogens with one attached hydrogen (secondary N) is 1. The molecule has 1 unspecified atom stereocenters. The van der Waals surface area contributed by atoms with Gasteiger partial charge in [0, 0.05) is 11.6 Å². The fraction of sp³-hybridized carbons (Fsp3) is 0.632. The number of benzene rings is 1. The SMILES string of the molecule is CC(C)CNCc1ccc(F)cc1Cl.CCC(C(=O)O)C(C)(C)C. The maximum Gasteiger partial charge on any atom is 0.307 e. The third-order valence-corrected chi connectivity index (χ3v) is 3.99. The molecule has 0 radical (unpaired) electrons. The Labute approximate surface area is 150 Å². The highest BCUT2D eigenvalue weighted by Crippen LogP contribution is 2.28. The van der Waals surface area contributed by atoms with Crippen LogP contribution in [0.2, 0.25) is 5.02 Å². The first-order valence-corrected chi connectivity index (χ1v) is 8.74. The number of rotatable bonds is 6. The van der Waals surface area contributed by atoms with Crippen LogP contribution < -0.4 is 5.32 Å². The van der Waals surface area contributed by atoms with Crippen molar-refractivity contribution in [3.8, 4) is 0 Å². The molecule has 0 aromatic heterocycles. The molecule has 2 N–H and O–H groups in total. The molecule has 138 valence electrons. The molecule has 0 aliphatic heterocycles. The fourth-order valence-electron chi connectivity index (χ4n) is 2.32. The van der Waals surface area contributed by atoms with Gasteiger partial charge < -0.3 is 10.4 Å². The Morgan fingerprint density at radius 3 is 2.25 bits per heavy atom. The smallest absolute Gasteiger partial charge is 0.307 e. The summed E-state index contributed by atoms with van der Waals surface area (Å²) in [5, 5.41) is 12.5. The second-order valence-electron chi connectivity index (χ2n) is 7.43. The molecular weight excluding hydrogens is 329 g/mol. The third-order valence-electron chi connectivity index (χ3n) is 3.63. The van der Waals surface area contributed by atoms with Crippen molar-refractivity contribution in [3.63, 3.8) is 0 Å². The molecule has 0 amide bonds. The lowest BCUT2D eigenvalue weighted by molar-refractivity contribution is -0.145. The molecule has 0 aliphatic rings. The van der Waals surface area contributed by atoms with E-state index in [-0.39, 0.29) is 17.2 Å². The van der Waals surface area contributed by atoms with Gasteiger partial charge in [0.1, 0.15) is 5.82 Å². The summed E-state index contributed by atoms with van der Waals surface area (Å²) in [6.07, 6.45) is 0.707. The van der Waals surface area contributed by atoms with Crippen LogP contribution in [0.1, 0.15) is 53.5 Å². The van der Waals surface area contributed by atoms with E-state index in [1.165, 1.54) is 12.1 Å². The number of halogens is 2. The van der Waals surface area contributed by atoms with E-state index in [0.717, 1.165) is 12.1 Å². The van der Waals surface area contributed by atoms with E-state index < -0.39 is 5.97 Å². The number of aliphatic carboxylic acids is 1. The predicted molar refractivity (Wildman–Crippen MR) is 98.8 cm³/mol. The number of hydrogen-bond acceptors (Lipinski definition) is 2. The Morgan fingerprint density at radius 2 is 1.92 bits per heavy atom. The minimum atomic E-state index is -0.685. The van der Waals surface area contributed by atoms with Crippen LogP contribution in [0.4, 0.5) is 4.39 Å². The van der Waals surface area contributed by atoms with Gasteiger partial charge in [0.25, 0.3) is 0 Å². The molecule has 1 rings (SSSR count). The van der Waals surface area contributed by atoms with Crippen molar-refractivity contribution < 1.29 is 14.3 Å². The van der Waals surface area contributed by atoms with Crippen molar-refractivity contribution >= 4 is 17.6 Å². The Hall–Kier alpha value is -1.13. The van der Waals surface area contributed by atoms with Crippen LogP contribution in [0.5, 0.6) is 0 Å². The van der Waals surface area contributed by atoms with Gasteiger partial charge in [-0.3, -0.25) is 4.79 Å². The van der Waals surface area contributed by atoms with Crippen molar-refractivity contribution in [2.75, 3.05) is 6.54 Å². The molecular formula is C19H31ClFNO2. The zero-order chi connectivity index (χ0) is 18.9. The van der Waals surface area contributed by atoms with Crippen LogP contribution in [-0.2, 0) is 11.3 Å². The van der Waals surface area contributed by atoms with Gasteiger partial charge >= 0.3 is 5.97 Å². The third kappa shape index (κ3) is 9.24. The van der Waals surface area contributed by atoms with E-state index in [2.05, 4.69) is 19.2 Å². The average Bonchev–Trinajstić information content (AvgIpc) is 2.40. The summed E-state index contributed by atoms with van der Waals surface area (Å²) >= 11 is 5.86. The lowest BCUT2D eigenvalue weighted by Crippen LogP contribution is -2.27. The second kappa shape index (κ2) is 10.7. The van der Waals surface area contributed by atoms with Gasteiger partial charge in [-0.1, -0.05) is 59.2 Å². The van der Waals surface area contributed by atoms with E-state index in [9.17, 15) is 9.18 Å². The highest BCUT2D eigenvalue weighted by Gasteiger charge is 2.28. The topological polar surface area (TPSA) is 49.3 Å². The Morgan fingerprint density at radius 1 is 1.33 bits per heavy atom. The van der Waals surface area contributed by atoms with Crippen molar-refractivity contribution in [1.82, 2.24) is 5.32 Å². The van der Waals surface area contributed by atoms with Crippen LogP contribution in [-0.4, -0.2) is 17.6 Å². The Balaban J connectivity index is 0.000000470. The number of carboxylic acid groups (broad SMARTS) is 1. The first kappa shape index (κ1) is 22.9.